The molecule has 0 radical (unpaired) electrons. The van der Waals surface area contributed by atoms with E-state index in [0.717, 1.165) is 41.0 Å². The van der Waals surface area contributed by atoms with Crippen molar-refractivity contribution in [1.29, 1.82) is 0 Å². The van der Waals surface area contributed by atoms with Crippen LogP contribution in [0.4, 0.5) is 5.69 Å². The lowest BCUT2D eigenvalue weighted by Crippen LogP contribution is -2.24. The third-order valence-corrected chi connectivity index (χ3v) is 5.14. The van der Waals surface area contributed by atoms with Crippen LogP contribution in [0.25, 0.3) is 16.9 Å². The Labute approximate surface area is 159 Å². The van der Waals surface area contributed by atoms with Crippen molar-refractivity contribution >= 4 is 17.2 Å². The van der Waals surface area contributed by atoms with E-state index in [-0.39, 0.29) is 18.6 Å². The Morgan fingerprint density at radius 2 is 1.96 bits per heavy atom. The zero-order chi connectivity index (χ0) is 18.6. The van der Waals surface area contributed by atoms with Crippen LogP contribution in [0.1, 0.15) is 37.7 Å². The number of benzene rings is 1. The number of carbonyl (C=O) groups excluding carboxylic acids is 1. The monoisotopic (exact) mass is 363 g/mol. The van der Waals surface area contributed by atoms with Crippen LogP contribution in [0.5, 0.6) is 0 Å². The molecule has 1 amide bonds. The quantitative estimate of drug-likeness (QED) is 0.721. The summed E-state index contributed by atoms with van der Waals surface area (Å²) >= 11 is 0. The zero-order valence-corrected chi connectivity index (χ0v) is 15.6. The van der Waals surface area contributed by atoms with E-state index in [1.54, 1.807) is 0 Å². The highest BCUT2D eigenvalue weighted by atomic mass is 16.5. The maximum Gasteiger partial charge on any atom is 0.250 e. The second-order valence-corrected chi connectivity index (χ2v) is 7.24. The standard InChI is InChI=1S/C22H25N3O2/c1-16-6-5-13-25-14-20(24-22(16)25)17-9-11-18(12-10-17)23-21(26)15-27-19-7-3-2-4-8-19/h5-6,9-14,19H,2-4,7-8,15H2,1H3,(H,23,26). The van der Waals surface area contributed by atoms with Crippen molar-refractivity contribution in [2.75, 3.05) is 11.9 Å². The molecule has 0 atom stereocenters. The summed E-state index contributed by atoms with van der Waals surface area (Å²) in [6.45, 7) is 2.18. The number of fused-ring (bicyclic) bond motifs is 1. The Morgan fingerprint density at radius 1 is 1.19 bits per heavy atom. The molecular weight excluding hydrogens is 338 g/mol. The van der Waals surface area contributed by atoms with Gasteiger partial charge in [-0.1, -0.05) is 37.5 Å². The van der Waals surface area contributed by atoms with Gasteiger partial charge < -0.3 is 14.5 Å². The van der Waals surface area contributed by atoms with Crippen molar-refractivity contribution in [3.8, 4) is 11.3 Å². The third-order valence-electron chi connectivity index (χ3n) is 5.14. The van der Waals surface area contributed by atoms with E-state index in [2.05, 4.69) is 18.3 Å². The highest BCUT2D eigenvalue weighted by Crippen LogP contribution is 2.23. The second kappa shape index (κ2) is 7.92. The Bertz CT molecular complexity index is 924. The Balaban J connectivity index is 1.38. The summed E-state index contributed by atoms with van der Waals surface area (Å²) in [5.41, 5.74) is 4.82. The maximum atomic E-state index is 12.1. The fourth-order valence-electron chi connectivity index (χ4n) is 3.64. The molecule has 1 N–H and O–H groups in total. The van der Waals surface area contributed by atoms with Gasteiger partial charge in [0.25, 0.3) is 0 Å². The van der Waals surface area contributed by atoms with E-state index >= 15 is 0 Å². The van der Waals surface area contributed by atoms with Crippen LogP contribution in [0.2, 0.25) is 0 Å². The van der Waals surface area contributed by atoms with Crippen molar-refractivity contribution < 1.29 is 9.53 Å². The number of hydrogen-bond acceptors (Lipinski definition) is 3. The number of rotatable bonds is 5. The zero-order valence-electron chi connectivity index (χ0n) is 15.6. The summed E-state index contributed by atoms with van der Waals surface area (Å²) in [6, 6.07) is 11.8. The van der Waals surface area contributed by atoms with Gasteiger partial charge in [0.05, 0.1) is 11.8 Å². The summed E-state index contributed by atoms with van der Waals surface area (Å²) in [5.74, 6) is -0.100. The number of amides is 1. The highest BCUT2D eigenvalue weighted by Gasteiger charge is 2.15. The van der Waals surface area contributed by atoms with Gasteiger partial charge in [-0.2, -0.15) is 0 Å². The van der Waals surface area contributed by atoms with Crippen LogP contribution in [0.3, 0.4) is 0 Å². The number of hydrogen-bond donors (Lipinski definition) is 1. The molecule has 5 nitrogen and oxygen atoms in total. The van der Waals surface area contributed by atoms with Gasteiger partial charge in [-0.15, -0.1) is 0 Å². The van der Waals surface area contributed by atoms with Crippen LogP contribution in [-0.2, 0) is 9.53 Å². The lowest BCUT2D eigenvalue weighted by atomic mass is 9.98. The van der Waals surface area contributed by atoms with Crippen LogP contribution in [0.15, 0.2) is 48.8 Å². The molecule has 0 aliphatic heterocycles. The average Bonchev–Trinajstić information content (AvgIpc) is 3.14. The molecule has 2 heterocycles. The van der Waals surface area contributed by atoms with E-state index in [1.165, 1.54) is 19.3 Å². The summed E-state index contributed by atoms with van der Waals surface area (Å²) in [5, 5.41) is 2.91. The summed E-state index contributed by atoms with van der Waals surface area (Å²) in [6.07, 6.45) is 10.1. The molecule has 1 saturated carbocycles. The molecule has 1 aliphatic rings. The number of anilines is 1. The number of aryl methyl sites for hydroxylation is 1. The molecule has 140 valence electrons. The minimum absolute atomic E-state index is 0.100. The van der Waals surface area contributed by atoms with E-state index in [1.807, 2.05) is 47.1 Å². The summed E-state index contributed by atoms with van der Waals surface area (Å²) < 4.78 is 7.76. The van der Waals surface area contributed by atoms with Gasteiger partial charge >= 0.3 is 0 Å². The molecule has 0 spiro atoms. The minimum Gasteiger partial charge on any atom is -0.368 e. The molecule has 1 fully saturated rings. The van der Waals surface area contributed by atoms with Crippen molar-refractivity contribution in [3.05, 3.63) is 54.4 Å². The fraction of sp³-hybridized carbons (Fsp3) is 0.364. The first-order chi connectivity index (χ1) is 13.2. The third kappa shape index (κ3) is 4.19. The normalized spacial score (nSPS) is 15.1. The van der Waals surface area contributed by atoms with Gasteiger partial charge in [-0.05, 0) is 43.5 Å². The second-order valence-electron chi connectivity index (χ2n) is 7.24. The molecule has 0 saturated heterocycles. The van der Waals surface area contributed by atoms with Gasteiger partial charge in [0.1, 0.15) is 12.3 Å². The van der Waals surface area contributed by atoms with Gasteiger partial charge in [0.15, 0.2) is 0 Å². The van der Waals surface area contributed by atoms with Crippen molar-refractivity contribution in [1.82, 2.24) is 9.38 Å². The van der Waals surface area contributed by atoms with Crippen LogP contribution >= 0.6 is 0 Å². The number of carbonyl (C=O) groups is 1. The van der Waals surface area contributed by atoms with E-state index in [0.29, 0.717) is 0 Å². The van der Waals surface area contributed by atoms with E-state index in [9.17, 15) is 4.79 Å². The molecule has 1 aliphatic carbocycles. The fourth-order valence-corrected chi connectivity index (χ4v) is 3.64. The first-order valence-corrected chi connectivity index (χ1v) is 9.65. The van der Waals surface area contributed by atoms with Gasteiger partial charge in [0, 0.05) is 23.6 Å². The maximum absolute atomic E-state index is 12.1. The molecule has 0 unspecified atom stereocenters. The SMILES string of the molecule is Cc1cccn2cc(-c3ccc(NC(=O)COC4CCCCC4)cc3)nc12. The topological polar surface area (TPSA) is 55.6 Å². The molecule has 5 heteroatoms. The van der Waals surface area contributed by atoms with Gasteiger partial charge in [-0.25, -0.2) is 4.98 Å². The average molecular weight is 363 g/mol. The number of imidazole rings is 1. The van der Waals surface area contributed by atoms with Gasteiger partial charge in [0.2, 0.25) is 5.91 Å². The van der Waals surface area contributed by atoms with E-state index in [4.69, 9.17) is 9.72 Å². The Hall–Kier alpha value is -2.66. The lowest BCUT2D eigenvalue weighted by molar-refractivity contribution is -0.123. The van der Waals surface area contributed by atoms with Crippen molar-refractivity contribution in [2.24, 2.45) is 0 Å². The molecule has 4 rings (SSSR count). The smallest absolute Gasteiger partial charge is 0.250 e. The first kappa shape index (κ1) is 17.7. The Kier molecular flexibility index (Phi) is 5.21. The van der Waals surface area contributed by atoms with E-state index < -0.39 is 0 Å². The molecule has 3 aromatic rings. The number of ether oxygens (including phenoxy) is 1. The molecule has 2 aromatic heterocycles. The predicted molar refractivity (Wildman–Crippen MR) is 107 cm³/mol. The van der Waals surface area contributed by atoms with Gasteiger partial charge in [-0.3, -0.25) is 4.79 Å². The van der Waals surface area contributed by atoms with Crippen LogP contribution in [-0.4, -0.2) is 28.0 Å². The molecular formula is C22H25N3O2. The number of pyridine rings is 1. The molecule has 1 aromatic carbocycles. The lowest BCUT2D eigenvalue weighted by Gasteiger charge is -2.21. The van der Waals surface area contributed by atoms with Crippen LogP contribution in [0, 0.1) is 6.92 Å². The number of nitrogens with one attached hydrogen (secondary N) is 1. The Morgan fingerprint density at radius 3 is 2.70 bits per heavy atom. The minimum atomic E-state index is -0.100. The van der Waals surface area contributed by atoms with Crippen LogP contribution < -0.4 is 5.32 Å². The summed E-state index contributed by atoms with van der Waals surface area (Å²) in [7, 11) is 0. The van der Waals surface area contributed by atoms with Crippen molar-refractivity contribution in [2.45, 2.75) is 45.1 Å². The largest absolute Gasteiger partial charge is 0.368 e. The number of aromatic nitrogens is 2. The highest BCUT2D eigenvalue weighted by molar-refractivity contribution is 5.91. The predicted octanol–water partition coefficient (Wildman–Crippen LogP) is 4.60. The van der Waals surface area contributed by atoms with Crippen molar-refractivity contribution in [3.63, 3.8) is 0 Å². The number of nitrogens with zero attached hydrogens (tertiary/aromatic N) is 2. The first-order valence-electron chi connectivity index (χ1n) is 9.65. The molecule has 27 heavy (non-hydrogen) atoms. The molecule has 0 bridgehead atoms. The summed E-state index contributed by atoms with van der Waals surface area (Å²) in [4.78, 5) is 16.8.